The summed E-state index contributed by atoms with van der Waals surface area (Å²) in [5, 5.41) is 11.1. The van der Waals surface area contributed by atoms with E-state index in [-0.39, 0.29) is 24.2 Å². The van der Waals surface area contributed by atoms with E-state index in [1.54, 1.807) is 0 Å². The Hall–Kier alpha value is -0.570. The zero-order valence-electron chi connectivity index (χ0n) is 11.1. The molecule has 0 aromatic heterocycles. The Kier molecular flexibility index (Phi) is 4.31. The standard InChI is InChI=1S/C15H21ClO2/c1-9-10(2)18-11(3)15(9)14(17)8-12-4-6-13(16)7-5-12/h4-7,9-11,14-15,17H,8H2,1-3H3. The maximum atomic E-state index is 10.4. The SMILES string of the molecule is CC1OC(C)C(C(O)Cc2ccc(Cl)cc2)C1C. The summed E-state index contributed by atoms with van der Waals surface area (Å²) in [6, 6.07) is 7.68. The molecule has 0 bridgehead atoms. The fourth-order valence-electron chi connectivity index (χ4n) is 2.95. The normalized spacial score (nSPS) is 33.6. The van der Waals surface area contributed by atoms with Gasteiger partial charge < -0.3 is 9.84 Å². The van der Waals surface area contributed by atoms with Gasteiger partial charge in [0.2, 0.25) is 0 Å². The van der Waals surface area contributed by atoms with Crippen LogP contribution in [0.1, 0.15) is 26.3 Å². The highest BCUT2D eigenvalue weighted by Gasteiger charge is 2.40. The number of aliphatic hydroxyl groups excluding tert-OH is 1. The zero-order chi connectivity index (χ0) is 13.3. The van der Waals surface area contributed by atoms with Crippen molar-refractivity contribution in [2.75, 3.05) is 0 Å². The number of ether oxygens (including phenoxy) is 1. The highest BCUT2D eigenvalue weighted by Crippen LogP contribution is 2.35. The van der Waals surface area contributed by atoms with Crippen LogP contribution in [0.3, 0.4) is 0 Å². The number of hydrogen-bond acceptors (Lipinski definition) is 2. The van der Waals surface area contributed by atoms with Crippen LogP contribution in [0.4, 0.5) is 0 Å². The molecule has 5 atom stereocenters. The topological polar surface area (TPSA) is 29.5 Å². The minimum absolute atomic E-state index is 0.123. The molecular formula is C15H21ClO2. The van der Waals surface area contributed by atoms with E-state index in [2.05, 4.69) is 20.8 Å². The molecule has 2 nitrogen and oxygen atoms in total. The Bertz CT molecular complexity index is 390. The van der Waals surface area contributed by atoms with Crippen molar-refractivity contribution < 1.29 is 9.84 Å². The average molecular weight is 269 g/mol. The summed E-state index contributed by atoms with van der Waals surface area (Å²) in [4.78, 5) is 0. The van der Waals surface area contributed by atoms with E-state index in [0.29, 0.717) is 12.3 Å². The van der Waals surface area contributed by atoms with E-state index in [1.165, 1.54) is 0 Å². The summed E-state index contributed by atoms with van der Waals surface area (Å²) < 4.78 is 5.78. The van der Waals surface area contributed by atoms with Crippen molar-refractivity contribution in [2.45, 2.75) is 45.5 Å². The second-order valence-corrected chi connectivity index (χ2v) is 5.82. The molecule has 0 amide bonds. The molecule has 1 aliphatic heterocycles. The zero-order valence-corrected chi connectivity index (χ0v) is 11.9. The van der Waals surface area contributed by atoms with E-state index in [1.807, 2.05) is 24.3 Å². The molecule has 5 unspecified atom stereocenters. The van der Waals surface area contributed by atoms with E-state index >= 15 is 0 Å². The first kappa shape index (κ1) is 13.9. The van der Waals surface area contributed by atoms with Gasteiger partial charge in [0.1, 0.15) is 0 Å². The first-order valence-corrected chi connectivity index (χ1v) is 6.95. The minimum Gasteiger partial charge on any atom is -0.392 e. The second kappa shape index (κ2) is 5.60. The molecule has 0 spiro atoms. The summed E-state index contributed by atoms with van der Waals surface area (Å²) in [6.07, 6.45) is 0.648. The van der Waals surface area contributed by atoms with Gasteiger partial charge in [-0.05, 0) is 43.9 Å². The van der Waals surface area contributed by atoms with E-state index < -0.39 is 0 Å². The van der Waals surface area contributed by atoms with Gasteiger partial charge in [-0.2, -0.15) is 0 Å². The van der Waals surface area contributed by atoms with Gasteiger partial charge >= 0.3 is 0 Å². The average Bonchev–Trinajstić information content (AvgIpc) is 2.56. The van der Waals surface area contributed by atoms with Crippen molar-refractivity contribution in [3.8, 4) is 0 Å². The minimum atomic E-state index is -0.360. The van der Waals surface area contributed by atoms with Gasteiger partial charge in [-0.15, -0.1) is 0 Å². The second-order valence-electron chi connectivity index (χ2n) is 5.38. The monoisotopic (exact) mass is 268 g/mol. The summed E-state index contributed by atoms with van der Waals surface area (Å²) in [5.74, 6) is 0.595. The molecule has 2 rings (SSSR count). The van der Waals surface area contributed by atoms with Gasteiger partial charge in [0.25, 0.3) is 0 Å². The van der Waals surface area contributed by atoms with Crippen LogP contribution < -0.4 is 0 Å². The van der Waals surface area contributed by atoms with Crippen LogP contribution >= 0.6 is 11.6 Å². The molecule has 1 fully saturated rings. The molecule has 18 heavy (non-hydrogen) atoms. The molecule has 1 saturated heterocycles. The number of halogens is 1. The summed E-state index contributed by atoms with van der Waals surface area (Å²) in [5.41, 5.74) is 1.12. The Balaban J connectivity index is 2.03. The number of rotatable bonds is 3. The molecule has 100 valence electrons. The number of aliphatic hydroxyl groups is 1. The number of benzene rings is 1. The van der Waals surface area contributed by atoms with Crippen LogP contribution in [0.5, 0.6) is 0 Å². The van der Waals surface area contributed by atoms with Gasteiger partial charge in [0, 0.05) is 10.9 Å². The summed E-state index contributed by atoms with van der Waals surface area (Å²) >= 11 is 5.86. The Morgan fingerprint density at radius 1 is 1.17 bits per heavy atom. The van der Waals surface area contributed by atoms with Crippen LogP contribution in [-0.2, 0) is 11.2 Å². The van der Waals surface area contributed by atoms with Gasteiger partial charge in [0.05, 0.1) is 18.3 Å². The number of hydrogen-bond donors (Lipinski definition) is 1. The first-order chi connectivity index (χ1) is 8.49. The van der Waals surface area contributed by atoms with Gasteiger partial charge in [-0.3, -0.25) is 0 Å². The molecule has 1 heterocycles. The maximum absolute atomic E-state index is 10.4. The molecule has 1 aliphatic rings. The van der Waals surface area contributed by atoms with Gasteiger partial charge in [-0.1, -0.05) is 30.7 Å². The van der Waals surface area contributed by atoms with Crippen molar-refractivity contribution in [1.82, 2.24) is 0 Å². The fourth-order valence-corrected chi connectivity index (χ4v) is 3.08. The molecule has 1 N–H and O–H groups in total. The van der Waals surface area contributed by atoms with E-state index in [0.717, 1.165) is 10.6 Å². The predicted molar refractivity (Wildman–Crippen MR) is 73.8 cm³/mol. The quantitative estimate of drug-likeness (QED) is 0.911. The lowest BCUT2D eigenvalue weighted by Gasteiger charge is -2.24. The smallest absolute Gasteiger partial charge is 0.0636 e. The van der Waals surface area contributed by atoms with Crippen LogP contribution in [0.15, 0.2) is 24.3 Å². The molecule has 3 heteroatoms. The van der Waals surface area contributed by atoms with Crippen LogP contribution in [-0.4, -0.2) is 23.4 Å². The van der Waals surface area contributed by atoms with Crippen molar-refractivity contribution in [1.29, 1.82) is 0 Å². The van der Waals surface area contributed by atoms with Crippen molar-refractivity contribution in [3.05, 3.63) is 34.9 Å². The van der Waals surface area contributed by atoms with Crippen LogP contribution in [0.25, 0.3) is 0 Å². The largest absolute Gasteiger partial charge is 0.392 e. The van der Waals surface area contributed by atoms with Crippen molar-refractivity contribution >= 4 is 11.6 Å². The van der Waals surface area contributed by atoms with Crippen LogP contribution in [0, 0.1) is 11.8 Å². The molecule has 0 aliphatic carbocycles. The lowest BCUT2D eigenvalue weighted by atomic mass is 9.83. The molecule has 1 aromatic rings. The molecule has 0 radical (unpaired) electrons. The molecule has 0 saturated carbocycles. The van der Waals surface area contributed by atoms with Crippen molar-refractivity contribution in [3.63, 3.8) is 0 Å². The Labute approximate surface area is 114 Å². The Morgan fingerprint density at radius 2 is 1.78 bits per heavy atom. The van der Waals surface area contributed by atoms with Gasteiger partial charge in [0.15, 0.2) is 0 Å². The van der Waals surface area contributed by atoms with Gasteiger partial charge in [-0.25, -0.2) is 0 Å². The highest BCUT2D eigenvalue weighted by molar-refractivity contribution is 6.30. The molecular weight excluding hydrogens is 248 g/mol. The van der Waals surface area contributed by atoms with Crippen LogP contribution in [0.2, 0.25) is 5.02 Å². The van der Waals surface area contributed by atoms with E-state index in [9.17, 15) is 5.11 Å². The third kappa shape index (κ3) is 2.87. The third-order valence-corrected chi connectivity index (χ3v) is 4.37. The van der Waals surface area contributed by atoms with Crippen molar-refractivity contribution in [2.24, 2.45) is 11.8 Å². The fraction of sp³-hybridized carbons (Fsp3) is 0.600. The predicted octanol–water partition coefficient (Wildman–Crippen LogP) is 3.30. The maximum Gasteiger partial charge on any atom is 0.0636 e. The third-order valence-electron chi connectivity index (χ3n) is 4.12. The Morgan fingerprint density at radius 3 is 2.28 bits per heavy atom. The summed E-state index contributed by atoms with van der Waals surface area (Å²) in [7, 11) is 0. The first-order valence-electron chi connectivity index (χ1n) is 6.57. The molecule has 1 aromatic carbocycles. The van der Waals surface area contributed by atoms with E-state index in [4.69, 9.17) is 16.3 Å². The highest BCUT2D eigenvalue weighted by atomic mass is 35.5. The summed E-state index contributed by atoms with van der Waals surface area (Å²) in [6.45, 7) is 6.29. The lowest BCUT2D eigenvalue weighted by Crippen LogP contribution is -2.32. The lowest BCUT2D eigenvalue weighted by molar-refractivity contribution is 0.0240.